The molecule has 1 rings (SSSR count). The molecule has 0 atom stereocenters. The van der Waals surface area contributed by atoms with Crippen molar-refractivity contribution in [3.8, 4) is 0 Å². The molecule has 0 amide bonds. The van der Waals surface area contributed by atoms with Crippen molar-refractivity contribution >= 4 is 29.9 Å². The van der Waals surface area contributed by atoms with E-state index in [-0.39, 0.29) is 24.0 Å². The summed E-state index contributed by atoms with van der Waals surface area (Å²) in [6, 6.07) is 0. The highest BCUT2D eigenvalue weighted by Gasteiger charge is 2.20. The lowest BCUT2D eigenvalue weighted by molar-refractivity contribution is 0.308. The van der Waals surface area contributed by atoms with Crippen LogP contribution in [0.5, 0.6) is 0 Å². The molecule has 4 nitrogen and oxygen atoms in total. The molecule has 1 fully saturated rings. The lowest BCUT2D eigenvalue weighted by Crippen LogP contribution is -2.42. The van der Waals surface area contributed by atoms with E-state index in [1.165, 1.54) is 12.8 Å². The number of halogens is 1. The molecule has 1 aliphatic carbocycles. The van der Waals surface area contributed by atoms with Crippen LogP contribution < -0.4 is 10.6 Å². The van der Waals surface area contributed by atoms with Gasteiger partial charge in [-0.1, -0.05) is 13.8 Å². The van der Waals surface area contributed by atoms with Gasteiger partial charge in [-0.05, 0) is 31.8 Å². The number of aliphatic imine (C=N–C) groups is 1. The van der Waals surface area contributed by atoms with Gasteiger partial charge in [0, 0.05) is 26.7 Å². The number of nitrogens with one attached hydrogen (secondary N) is 2. The Bertz CT molecular complexity index is 213. The summed E-state index contributed by atoms with van der Waals surface area (Å²) in [5, 5.41) is 6.71. The van der Waals surface area contributed by atoms with Gasteiger partial charge < -0.3 is 15.5 Å². The Balaban J connectivity index is 0.00000256. The van der Waals surface area contributed by atoms with Crippen LogP contribution in [0, 0.1) is 5.92 Å². The van der Waals surface area contributed by atoms with Gasteiger partial charge in [0.25, 0.3) is 0 Å². The summed E-state index contributed by atoms with van der Waals surface area (Å²) >= 11 is 0. The van der Waals surface area contributed by atoms with Crippen LogP contribution in [0.15, 0.2) is 4.99 Å². The highest BCUT2D eigenvalue weighted by atomic mass is 127. The van der Waals surface area contributed by atoms with Crippen molar-refractivity contribution in [2.24, 2.45) is 10.9 Å². The van der Waals surface area contributed by atoms with Crippen LogP contribution in [-0.4, -0.2) is 50.6 Å². The lowest BCUT2D eigenvalue weighted by atomic mass is 10.4. The van der Waals surface area contributed by atoms with E-state index in [9.17, 15) is 0 Å². The maximum absolute atomic E-state index is 4.21. The van der Waals surface area contributed by atoms with Crippen molar-refractivity contribution in [3.05, 3.63) is 0 Å². The summed E-state index contributed by atoms with van der Waals surface area (Å²) < 4.78 is 0. The Morgan fingerprint density at radius 2 is 1.88 bits per heavy atom. The third-order valence-electron chi connectivity index (χ3n) is 3.09. The second-order valence-electron chi connectivity index (χ2n) is 4.35. The van der Waals surface area contributed by atoms with Gasteiger partial charge in [-0.2, -0.15) is 0 Å². The van der Waals surface area contributed by atoms with Gasteiger partial charge in [0.15, 0.2) is 5.96 Å². The Kier molecular flexibility index (Phi) is 9.91. The van der Waals surface area contributed by atoms with E-state index in [0.29, 0.717) is 0 Å². The normalized spacial score (nSPS) is 15.6. The number of nitrogens with zero attached hydrogens (tertiary/aromatic N) is 2. The molecule has 0 heterocycles. The minimum Gasteiger partial charge on any atom is -0.356 e. The van der Waals surface area contributed by atoms with Gasteiger partial charge in [0.2, 0.25) is 0 Å². The van der Waals surface area contributed by atoms with Gasteiger partial charge in [0.1, 0.15) is 0 Å². The number of guanidine groups is 1. The number of hydrogen-bond acceptors (Lipinski definition) is 2. The third kappa shape index (κ3) is 7.81. The average Bonchev–Trinajstić information content (AvgIpc) is 3.12. The first-order valence-electron chi connectivity index (χ1n) is 6.47. The summed E-state index contributed by atoms with van der Waals surface area (Å²) in [5.41, 5.74) is 0. The van der Waals surface area contributed by atoms with Crippen LogP contribution in [0.4, 0.5) is 0 Å². The fourth-order valence-corrected chi connectivity index (χ4v) is 1.66. The molecule has 0 aromatic heterocycles. The standard InChI is InChI=1S/C12H26N4.HI/c1-4-16(5-2)9-8-14-12(13-3)15-10-11-6-7-11;/h11H,4-10H2,1-3H3,(H2,13,14,15);1H. The van der Waals surface area contributed by atoms with Gasteiger partial charge >= 0.3 is 0 Å². The van der Waals surface area contributed by atoms with Crippen molar-refractivity contribution < 1.29 is 0 Å². The van der Waals surface area contributed by atoms with Gasteiger partial charge in [-0.3, -0.25) is 4.99 Å². The third-order valence-corrected chi connectivity index (χ3v) is 3.09. The highest BCUT2D eigenvalue weighted by Crippen LogP contribution is 2.27. The summed E-state index contributed by atoms with van der Waals surface area (Å²) in [6.07, 6.45) is 2.76. The molecule has 0 unspecified atom stereocenters. The van der Waals surface area contributed by atoms with Crippen LogP contribution >= 0.6 is 24.0 Å². The van der Waals surface area contributed by atoms with Crippen molar-refractivity contribution in [2.75, 3.05) is 39.8 Å². The van der Waals surface area contributed by atoms with E-state index in [4.69, 9.17) is 0 Å². The lowest BCUT2D eigenvalue weighted by Gasteiger charge is -2.19. The Morgan fingerprint density at radius 3 is 2.35 bits per heavy atom. The van der Waals surface area contributed by atoms with Crippen molar-refractivity contribution in [2.45, 2.75) is 26.7 Å². The molecule has 2 N–H and O–H groups in total. The zero-order chi connectivity index (χ0) is 11.8. The van der Waals surface area contributed by atoms with E-state index in [1.807, 2.05) is 7.05 Å². The molecule has 1 saturated carbocycles. The summed E-state index contributed by atoms with van der Waals surface area (Å²) in [4.78, 5) is 6.62. The van der Waals surface area contributed by atoms with Crippen molar-refractivity contribution in [3.63, 3.8) is 0 Å². The summed E-state index contributed by atoms with van der Waals surface area (Å²) in [6.45, 7) is 9.75. The molecule has 1 aliphatic rings. The number of hydrogen-bond donors (Lipinski definition) is 2. The Morgan fingerprint density at radius 1 is 1.24 bits per heavy atom. The fourth-order valence-electron chi connectivity index (χ4n) is 1.66. The maximum Gasteiger partial charge on any atom is 0.191 e. The topological polar surface area (TPSA) is 39.7 Å². The zero-order valence-corrected chi connectivity index (χ0v) is 13.7. The van der Waals surface area contributed by atoms with Gasteiger partial charge in [0.05, 0.1) is 0 Å². The minimum atomic E-state index is 0. The molecule has 0 spiro atoms. The minimum absolute atomic E-state index is 0. The molecular weight excluding hydrogens is 327 g/mol. The predicted molar refractivity (Wildman–Crippen MR) is 85.3 cm³/mol. The zero-order valence-electron chi connectivity index (χ0n) is 11.3. The molecule has 0 aromatic rings. The fraction of sp³-hybridized carbons (Fsp3) is 0.917. The van der Waals surface area contributed by atoms with Gasteiger partial charge in [-0.25, -0.2) is 0 Å². The highest BCUT2D eigenvalue weighted by molar-refractivity contribution is 14.0. The first-order chi connectivity index (χ1) is 7.80. The number of likely N-dealkylation sites (N-methyl/N-ethyl adjacent to an activating group) is 1. The van der Waals surface area contributed by atoms with Gasteiger partial charge in [-0.15, -0.1) is 24.0 Å². The average molecular weight is 354 g/mol. The second-order valence-corrected chi connectivity index (χ2v) is 4.35. The summed E-state index contributed by atoms with van der Waals surface area (Å²) in [5.74, 6) is 1.83. The van der Waals surface area contributed by atoms with Crippen LogP contribution in [0.1, 0.15) is 26.7 Å². The second kappa shape index (κ2) is 9.94. The maximum atomic E-state index is 4.21. The van der Waals surface area contributed by atoms with E-state index in [1.54, 1.807) is 0 Å². The van der Waals surface area contributed by atoms with Crippen LogP contribution in [0.2, 0.25) is 0 Å². The molecule has 17 heavy (non-hydrogen) atoms. The molecule has 0 radical (unpaired) electrons. The Hall–Kier alpha value is -0.0400. The molecule has 0 aliphatic heterocycles. The van der Waals surface area contributed by atoms with Crippen molar-refractivity contribution in [1.82, 2.24) is 15.5 Å². The van der Waals surface area contributed by atoms with E-state index < -0.39 is 0 Å². The van der Waals surface area contributed by atoms with Crippen molar-refractivity contribution in [1.29, 1.82) is 0 Å². The molecular formula is C12H27IN4. The smallest absolute Gasteiger partial charge is 0.191 e. The monoisotopic (exact) mass is 354 g/mol. The van der Waals surface area contributed by atoms with Crippen LogP contribution in [-0.2, 0) is 0 Å². The quantitative estimate of drug-likeness (QED) is 0.414. The molecule has 0 saturated heterocycles. The molecule has 5 heteroatoms. The Labute approximate surface area is 123 Å². The first kappa shape index (κ1) is 17.0. The molecule has 102 valence electrons. The SMILES string of the molecule is CCN(CC)CCNC(=NC)NCC1CC1.I. The van der Waals surface area contributed by atoms with E-state index >= 15 is 0 Å². The molecule has 0 bridgehead atoms. The van der Waals surface area contributed by atoms with Crippen LogP contribution in [0.25, 0.3) is 0 Å². The first-order valence-corrected chi connectivity index (χ1v) is 6.47. The largest absolute Gasteiger partial charge is 0.356 e. The predicted octanol–water partition coefficient (Wildman–Crippen LogP) is 1.52. The van der Waals surface area contributed by atoms with E-state index in [2.05, 4.69) is 34.4 Å². The van der Waals surface area contributed by atoms with E-state index in [0.717, 1.165) is 44.6 Å². The summed E-state index contributed by atoms with van der Waals surface area (Å²) in [7, 11) is 1.83. The number of rotatable bonds is 7. The van der Waals surface area contributed by atoms with Crippen LogP contribution in [0.3, 0.4) is 0 Å². The molecule has 0 aromatic carbocycles.